The standard InChI is InChI=1S/C16H19NO2S/c1-11(9-16(18)19)14-7-8-15(20-14)12-5-4-6-13(10-12)17(2)3/h4-8,10-11H,9H2,1-3H3,(H,18,19). The fourth-order valence-corrected chi connectivity index (χ4v) is 3.13. The minimum Gasteiger partial charge on any atom is -0.481 e. The summed E-state index contributed by atoms with van der Waals surface area (Å²) in [7, 11) is 4.04. The molecule has 0 fully saturated rings. The molecule has 0 aliphatic heterocycles. The van der Waals surface area contributed by atoms with Gasteiger partial charge in [-0.15, -0.1) is 11.3 Å². The zero-order valence-electron chi connectivity index (χ0n) is 12.0. The minimum atomic E-state index is -0.748. The van der Waals surface area contributed by atoms with Crippen LogP contribution in [0.25, 0.3) is 10.4 Å². The summed E-state index contributed by atoms with van der Waals surface area (Å²) in [5.74, 6) is -0.690. The van der Waals surface area contributed by atoms with Crippen LogP contribution in [0.15, 0.2) is 36.4 Å². The normalized spacial score (nSPS) is 12.2. The third kappa shape index (κ3) is 3.39. The van der Waals surface area contributed by atoms with Crippen molar-refractivity contribution in [2.75, 3.05) is 19.0 Å². The summed E-state index contributed by atoms with van der Waals surface area (Å²) >= 11 is 1.67. The van der Waals surface area contributed by atoms with Crippen LogP contribution in [-0.2, 0) is 4.79 Å². The molecule has 0 saturated heterocycles. The van der Waals surface area contributed by atoms with Crippen LogP contribution in [0.2, 0.25) is 0 Å². The quantitative estimate of drug-likeness (QED) is 0.902. The van der Waals surface area contributed by atoms with E-state index in [1.807, 2.05) is 33.2 Å². The number of carboxylic acid groups (broad SMARTS) is 1. The van der Waals surface area contributed by atoms with Gasteiger partial charge in [0.05, 0.1) is 6.42 Å². The molecule has 1 unspecified atom stereocenters. The van der Waals surface area contributed by atoms with Crippen LogP contribution < -0.4 is 4.90 Å². The molecular weight excluding hydrogens is 270 g/mol. The van der Waals surface area contributed by atoms with Crippen LogP contribution in [0.3, 0.4) is 0 Å². The van der Waals surface area contributed by atoms with Gasteiger partial charge in [0.25, 0.3) is 0 Å². The minimum absolute atomic E-state index is 0.0586. The van der Waals surface area contributed by atoms with Crippen LogP contribution in [0.4, 0.5) is 5.69 Å². The summed E-state index contributed by atoms with van der Waals surface area (Å²) in [6.07, 6.45) is 0.178. The smallest absolute Gasteiger partial charge is 0.303 e. The Kier molecular flexibility index (Phi) is 4.45. The van der Waals surface area contributed by atoms with E-state index in [0.717, 1.165) is 10.6 Å². The van der Waals surface area contributed by atoms with Crippen molar-refractivity contribution in [2.45, 2.75) is 19.3 Å². The van der Waals surface area contributed by atoms with E-state index in [9.17, 15) is 4.79 Å². The predicted molar refractivity (Wildman–Crippen MR) is 84.7 cm³/mol. The van der Waals surface area contributed by atoms with Crippen LogP contribution in [-0.4, -0.2) is 25.2 Å². The van der Waals surface area contributed by atoms with Gasteiger partial charge < -0.3 is 10.0 Å². The molecule has 4 heteroatoms. The zero-order chi connectivity index (χ0) is 14.7. The van der Waals surface area contributed by atoms with E-state index in [2.05, 4.69) is 29.2 Å². The molecule has 1 aromatic heterocycles. The van der Waals surface area contributed by atoms with Gasteiger partial charge in [-0.05, 0) is 29.8 Å². The number of nitrogens with zero attached hydrogens (tertiary/aromatic N) is 1. The molecule has 0 aliphatic rings. The lowest BCUT2D eigenvalue weighted by Crippen LogP contribution is -2.08. The molecule has 0 aliphatic carbocycles. The maximum absolute atomic E-state index is 10.8. The lowest BCUT2D eigenvalue weighted by Gasteiger charge is -2.13. The van der Waals surface area contributed by atoms with Crippen molar-refractivity contribution in [1.29, 1.82) is 0 Å². The Labute approximate surface area is 123 Å². The van der Waals surface area contributed by atoms with E-state index in [1.165, 1.54) is 10.4 Å². The monoisotopic (exact) mass is 289 g/mol. The Hall–Kier alpha value is -1.81. The van der Waals surface area contributed by atoms with Crippen molar-refractivity contribution in [1.82, 2.24) is 0 Å². The number of thiophene rings is 1. The third-order valence-corrected chi connectivity index (χ3v) is 4.61. The largest absolute Gasteiger partial charge is 0.481 e. The summed E-state index contributed by atoms with van der Waals surface area (Å²) in [6, 6.07) is 12.5. The fraction of sp³-hybridized carbons (Fsp3) is 0.312. The molecule has 0 amide bonds. The predicted octanol–water partition coefficient (Wildman–Crippen LogP) is 4.06. The molecule has 20 heavy (non-hydrogen) atoms. The molecule has 1 heterocycles. The molecule has 2 rings (SSSR count). The lowest BCUT2D eigenvalue weighted by molar-refractivity contribution is -0.137. The van der Waals surface area contributed by atoms with Crippen LogP contribution in [0, 0.1) is 0 Å². The van der Waals surface area contributed by atoms with Crippen molar-refractivity contribution >= 4 is 23.0 Å². The van der Waals surface area contributed by atoms with Gasteiger partial charge in [0.2, 0.25) is 0 Å². The number of aliphatic carboxylic acids is 1. The second-order valence-electron chi connectivity index (χ2n) is 5.15. The van der Waals surface area contributed by atoms with Crippen LogP contribution in [0.5, 0.6) is 0 Å². The number of carboxylic acids is 1. The Morgan fingerprint density at radius 3 is 2.70 bits per heavy atom. The SMILES string of the molecule is CC(CC(=O)O)c1ccc(-c2cccc(N(C)C)c2)s1. The van der Waals surface area contributed by atoms with Crippen LogP contribution >= 0.6 is 11.3 Å². The van der Waals surface area contributed by atoms with Crippen molar-refractivity contribution in [2.24, 2.45) is 0 Å². The van der Waals surface area contributed by atoms with Gasteiger partial charge in [-0.25, -0.2) is 0 Å². The number of carbonyl (C=O) groups is 1. The van der Waals surface area contributed by atoms with E-state index in [-0.39, 0.29) is 12.3 Å². The topological polar surface area (TPSA) is 40.5 Å². The van der Waals surface area contributed by atoms with E-state index >= 15 is 0 Å². The first-order valence-corrected chi connectivity index (χ1v) is 7.38. The number of hydrogen-bond donors (Lipinski definition) is 1. The second kappa shape index (κ2) is 6.09. The summed E-state index contributed by atoms with van der Waals surface area (Å²) in [5.41, 5.74) is 2.34. The van der Waals surface area contributed by atoms with Gasteiger partial charge in [-0.3, -0.25) is 4.79 Å². The van der Waals surface area contributed by atoms with Gasteiger partial charge in [0, 0.05) is 35.5 Å². The van der Waals surface area contributed by atoms with Gasteiger partial charge in [0.1, 0.15) is 0 Å². The molecule has 3 nitrogen and oxygen atoms in total. The molecular formula is C16H19NO2S. The van der Waals surface area contributed by atoms with Crippen LogP contribution in [0.1, 0.15) is 24.1 Å². The Morgan fingerprint density at radius 2 is 2.05 bits per heavy atom. The fourth-order valence-electron chi connectivity index (χ4n) is 2.07. The van der Waals surface area contributed by atoms with E-state index in [0.29, 0.717) is 0 Å². The highest BCUT2D eigenvalue weighted by molar-refractivity contribution is 7.15. The first kappa shape index (κ1) is 14.6. The van der Waals surface area contributed by atoms with Gasteiger partial charge in [0.15, 0.2) is 0 Å². The summed E-state index contributed by atoms with van der Waals surface area (Å²) < 4.78 is 0. The molecule has 2 aromatic rings. The number of anilines is 1. The summed E-state index contributed by atoms with van der Waals surface area (Å²) in [6.45, 7) is 1.96. The highest BCUT2D eigenvalue weighted by atomic mass is 32.1. The van der Waals surface area contributed by atoms with Gasteiger partial charge in [-0.2, -0.15) is 0 Å². The second-order valence-corrected chi connectivity index (χ2v) is 6.26. The molecule has 0 spiro atoms. The summed E-state index contributed by atoms with van der Waals surface area (Å²) in [4.78, 5) is 15.2. The molecule has 1 N–H and O–H groups in total. The summed E-state index contributed by atoms with van der Waals surface area (Å²) in [5, 5.41) is 8.87. The molecule has 1 atom stereocenters. The molecule has 1 aromatic carbocycles. The molecule has 0 bridgehead atoms. The highest BCUT2D eigenvalue weighted by Gasteiger charge is 2.13. The lowest BCUT2D eigenvalue weighted by atomic mass is 10.1. The van der Waals surface area contributed by atoms with E-state index in [1.54, 1.807) is 11.3 Å². The Bertz CT molecular complexity index is 604. The first-order chi connectivity index (χ1) is 9.47. The maximum atomic E-state index is 10.8. The zero-order valence-corrected chi connectivity index (χ0v) is 12.8. The first-order valence-electron chi connectivity index (χ1n) is 6.56. The number of hydrogen-bond acceptors (Lipinski definition) is 3. The number of benzene rings is 1. The molecule has 106 valence electrons. The van der Waals surface area contributed by atoms with Gasteiger partial charge in [-0.1, -0.05) is 19.1 Å². The highest BCUT2D eigenvalue weighted by Crippen LogP contribution is 2.34. The number of rotatable bonds is 5. The Balaban J connectivity index is 2.24. The maximum Gasteiger partial charge on any atom is 0.303 e. The average Bonchev–Trinajstić information content (AvgIpc) is 2.87. The van der Waals surface area contributed by atoms with Crippen molar-refractivity contribution in [3.8, 4) is 10.4 Å². The van der Waals surface area contributed by atoms with Crippen molar-refractivity contribution < 1.29 is 9.90 Å². The average molecular weight is 289 g/mol. The third-order valence-electron chi connectivity index (χ3n) is 3.24. The van der Waals surface area contributed by atoms with Gasteiger partial charge >= 0.3 is 5.97 Å². The van der Waals surface area contributed by atoms with Crippen molar-refractivity contribution in [3.05, 3.63) is 41.3 Å². The molecule has 0 saturated carbocycles. The van der Waals surface area contributed by atoms with Crippen molar-refractivity contribution in [3.63, 3.8) is 0 Å². The van der Waals surface area contributed by atoms with E-state index in [4.69, 9.17) is 5.11 Å². The molecule has 0 radical (unpaired) electrons. The van der Waals surface area contributed by atoms with E-state index < -0.39 is 5.97 Å². The Morgan fingerprint density at radius 1 is 1.30 bits per heavy atom.